The highest BCUT2D eigenvalue weighted by Crippen LogP contribution is 2.30. The number of halogens is 1. The van der Waals surface area contributed by atoms with Crippen LogP contribution in [0.3, 0.4) is 0 Å². The van der Waals surface area contributed by atoms with Gasteiger partial charge in [0.2, 0.25) is 5.91 Å². The van der Waals surface area contributed by atoms with Gasteiger partial charge in [0.05, 0.1) is 16.8 Å². The number of hydrogen-bond acceptors (Lipinski definition) is 4. The van der Waals surface area contributed by atoms with Crippen LogP contribution in [0.25, 0.3) is 0 Å². The van der Waals surface area contributed by atoms with Crippen LogP contribution in [0.5, 0.6) is 5.75 Å². The molecule has 150 valence electrons. The maximum atomic E-state index is 12.6. The zero-order valence-corrected chi connectivity index (χ0v) is 18.0. The van der Waals surface area contributed by atoms with E-state index in [1.807, 2.05) is 24.3 Å². The first-order valence-corrected chi connectivity index (χ1v) is 11.8. The number of benzene rings is 2. The predicted octanol–water partition coefficient (Wildman–Crippen LogP) is 4.96. The van der Waals surface area contributed by atoms with Crippen molar-refractivity contribution in [3.05, 3.63) is 53.0 Å². The van der Waals surface area contributed by atoms with Gasteiger partial charge in [-0.2, -0.15) is 0 Å². The van der Waals surface area contributed by atoms with Crippen LogP contribution in [-0.2, 0) is 14.6 Å². The molecule has 2 aromatic carbocycles. The highest BCUT2D eigenvalue weighted by atomic mass is 79.9. The Morgan fingerprint density at radius 1 is 1.11 bits per heavy atom. The van der Waals surface area contributed by atoms with Gasteiger partial charge in [-0.05, 0) is 61.7 Å². The van der Waals surface area contributed by atoms with Crippen molar-refractivity contribution in [1.82, 2.24) is 0 Å². The van der Waals surface area contributed by atoms with Crippen LogP contribution in [0.1, 0.15) is 38.5 Å². The van der Waals surface area contributed by atoms with Crippen LogP contribution in [-0.4, -0.2) is 26.2 Å². The molecule has 1 aliphatic carbocycles. The largest absolute Gasteiger partial charge is 0.494 e. The van der Waals surface area contributed by atoms with Crippen molar-refractivity contribution in [1.29, 1.82) is 0 Å². The van der Waals surface area contributed by atoms with Crippen molar-refractivity contribution < 1.29 is 17.9 Å². The monoisotopic (exact) mass is 465 g/mol. The van der Waals surface area contributed by atoms with Crippen LogP contribution in [0, 0.1) is 0 Å². The Morgan fingerprint density at radius 3 is 2.50 bits per heavy atom. The standard InChI is InChI=1S/C21H24BrNO4S/c22-16-5-3-6-18(15-16)27-14-4-9-21(24)23-17-10-12-20(13-11-17)28(25,26)19-7-1-2-8-19/h3,5-6,10-13,15,19H,1-2,4,7-9,14H2,(H,23,24). The van der Waals surface area contributed by atoms with Gasteiger partial charge < -0.3 is 10.1 Å². The SMILES string of the molecule is O=C(CCCOc1cccc(Br)c1)Nc1ccc(S(=O)(=O)C2CCCC2)cc1. The van der Waals surface area contributed by atoms with Gasteiger partial charge in [-0.1, -0.05) is 34.8 Å². The van der Waals surface area contributed by atoms with Crippen molar-refractivity contribution in [3.8, 4) is 5.75 Å². The van der Waals surface area contributed by atoms with Crippen molar-refractivity contribution in [2.45, 2.75) is 48.7 Å². The normalized spacial score (nSPS) is 14.8. The predicted molar refractivity (Wildman–Crippen MR) is 113 cm³/mol. The summed E-state index contributed by atoms with van der Waals surface area (Å²) in [7, 11) is -3.26. The Hall–Kier alpha value is -1.86. The minimum absolute atomic E-state index is 0.121. The first-order valence-electron chi connectivity index (χ1n) is 9.47. The first-order chi connectivity index (χ1) is 13.4. The third-order valence-corrected chi connectivity index (χ3v) is 7.59. The van der Waals surface area contributed by atoms with Crippen LogP contribution in [0.15, 0.2) is 57.9 Å². The summed E-state index contributed by atoms with van der Waals surface area (Å²) in [5, 5.41) is 2.54. The molecule has 0 aromatic heterocycles. The van der Waals surface area contributed by atoms with Crippen LogP contribution in [0.4, 0.5) is 5.69 Å². The maximum absolute atomic E-state index is 12.6. The van der Waals surface area contributed by atoms with E-state index in [4.69, 9.17) is 4.74 Å². The molecule has 1 N–H and O–H groups in total. The van der Waals surface area contributed by atoms with Gasteiger partial charge in [0, 0.05) is 16.6 Å². The van der Waals surface area contributed by atoms with E-state index >= 15 is 0 Å². The number of anilines is 1. The lowest BCUT2D eigenvalue weighted by atomic mass is 10.2. The Kier molecular flexibility index (Phi) is 7.13. The summed E-state index contributed by atoms with van der Waals surface area (Å²) in [4.78, 5) is 12.4. The number of sulfone groups is 1. The fraction of sp³-hybridized carbons (Fsp3) is 0.381. The van der Waals surface area contributed by atoms with E-state index in [1.54, 1.807) is 24.3 Å². The molecular weight excluding hydrogens is 442 g/mol. The van der Waals surface area contributed by atoms with E-state index in [2.05, 4.69) is 21.2 Å². The number of hydrogen-bond donors (Lipinski definition) is 1. The molecule has 1 saturated carbocycles. The maximum Gasteiger partial charge on any atom is 0.224 e. The van der Waals surface area contributed by atoms with E-state index < -0.39 is 9.84 Å². The summed E-state index contributed by atoms with van der Waals surface area (Å²) in [5.74, 6) is 0.637. The van der Waals surface area contributed by atoms with E-state index in [1.165, 1.54) is 0 Å². The van der Waals surface area contributed by atoms with Gasteiger partial charge in [0.15, 0.2) is 9.84 Å². The Balaban J connectivity index is 1.45. The van der Waals surface area contributed by atoms with Crippen molar-refractivity contribution in [2.75, 3.05) is 11.9 Å². The number of ether oxygens (including phenoxy) is 1. The molecule has 1 fully saturated rings. The Labute approximate surface area is 174 Å². The molecule has 0 bridgehead atoms. The van der Waals surface area contributed by atoms with Crippen LogP contribution < -0.4 is 10.1 Å². The molecular formula is C21H24BrNO4S. The molecule has 0 spiro atoms. The van der Waals surface area contributed by atoms with Gasteiger partial charge in [-0.25, -0.2) is 8.42 Å². The zero-order valence-electron chi connectivity index (χ0n) is 15.6. The van der Waals surface area contributed by atoms with E-state index in [-0.39, 0.29) is 11.2 Å². The van der Waals surface area contributed by atoms with E-state index in [0.29, 0.717) is 30.0 Å². The van der Waals surface area contributed by atoms with Gasteiger partial charge in [0.25, 0.3) is 0 Å². The topological polar surface area (TPSA) is 72.5 Å². The molecule has 7 heteroatoms. The summed E-state index contributed by atoms with van der Waals surface area (Å²) >= 11 is 3.39. The molecule has 1 amide bonds. The molecule has 3 rings (SSSR count). The van der Waals surface area contributed by atoms with Gasteiger partial charge >= 0.3 is 0 Å². The second-order valence-corrected chi connectivity index (χ2v) is 10.1. The molecule has 0 saturated heterocycles. The number of carbonyl (C=O) groups is 1. The smallest absolute Gasteiger partial charge is 0.224 e. The van der Waals surface area contributed by atoms with Crippen LogP contribution in [0.2, 0.25) is 0 Å². The second kappa shape index (κ2) is 9.56. The summed E-state index contributed by atoms with van der Waals surface area (Å²) in [6.45, 7) is 0.447. The first kappa shape index (κ1) is 20.9. The fourth-order valence-corrected chi connectivity index (χ4v) is 5.55. The quantitative estimate of drug-likeness (QED) is 0.558. The molecule has 0 aliphatic heterocycles. The van der Waals surface area contributed by atoms with Crippen LogP contribution >= 0.6 is 15.9 Å². The third-order valence-electron chi connectivity index (χ3n) is 4.82. The fourth-order valence-electron chi connectivity index (χ4n) is 3.32. The number of nitrogens with one attached hydrogen (secondary N) is 1. The van der Waals surface area contributed by atoms with Gasteiger partial charge in [-0.3, -0.25) is 4.79 Å². The van der Waals surface area contributed by atoms with Crippen molar-refractivity contribution >= 4 is 37.4 Å². The minimum atomic E-state index is -3.26. The molecule has 0 heterocycles. The highest BCUT2D eigenvalue weighted by Gasteiger charge is 2.30. The molecule has 1 aliphatic rings. The molecule has 5 nitrogen and oxygen atoms in total. The van der Waals surface area contributed by atoms with Crippen molar-refractivity contribution in [3.63, 3.8) is 0 Å². The lowest BCUT2D eigenvalue weighted by Gasteiger charge is -2.12. The number of rotatable bonds is 8. The second-order valence-electron chi connectivity index (χ2n) is 6.93. The average molecular weight is 466 g/mol. The van der Waals surface area contributed by atoms with Gasteiger partial charge in [-0.15, -0.1) is 0 Å². The molecule has 0 radical (unpaired) electrons. The van der Waals surface area contributed by atoms with Gasteiger partial charge in [0.1, 0.15) is 5.75 Å². The summed E-state index contributed by atoms with van der Waals surface area (Å²) < 4.78 is 31.7. The summed E-state index contributed by atoms with van der Waals surface area (Å²) in [6.07, 6.45) is 4.35. The summed E-state index contributed by atoms with van der Waals surface area (Å²) in [5.41, 5.74) is 0.600. The molecule has 0 unspecified atom stereocenters. The molecule has 2 aromatic rings. The van der Waals surface area contributed by atoms with Crippen molar-refractivity contribution in [2.24, 2.45) is 0 Å². The average Bonchev–Trinajstić information content (AvgIpc) is 3.21. The number of amides is 1. The third kappa shape index (κ3) is 5.58. The van der Waals surface area contributed by atoms with E-state index in [9.17, 15) is 13.2 Å². The summed E-state index contributed by atoms with van der Waals surface area (Å²) in [6, 6.07) is 14.0. The Bertz CT molecular complexity index is 906. The molecule has 28 heavy (non-hydrogen) atoms. The highest BCUT2D eigenvalue weighted by molar-refractivity contribution is 9.10. The Morgan fingerprint density at radius 2 is 1.82 bits per heavy atom. The lowest BCUT2D eigenvalue weighted by Crippen LogP contribution is -2.18. The minimum Gasteiger partial charge on any atom is -0.494 e. The number of carbonyl (C=O) groups excluding carboxylic acids is 1. The lowest BCUT2D eigenvalue weighted by molar-refractivity contribution is -0.116. The van der Waals surface area contributed by atoms with E-state index in [0.717, 1.165) is 35.9 Å². The molecule has 0 atom stereocenters. The zero-order chi connectivity index (χ0) is 20.0.